The predicted molar refractivity (Wildman–Crippen MR) is 93.4 cm³/mol. The van der Waals surface area contributed by atoms with Gasteiger partial charge in [0.15, 0.2) is 0 Å². The van der Waals surface area contributed by atoms with E-state index in [1.165, 1.54) is 4.90 Å². The third-order valence-electron chi connectivity index (χ3n) is 4.85. The lowest BCUT2D eigenvalue weighted by atomic mass is 9.74. The van der Waals surface area contributed by atoms with Gasteiger partial charge in [0.05, 0.1) is 5.60 Å². The van der Waals surface area contributed by atoms with E-state index in [4.69, 9.17) is 16.3 Å². The fraction of sp³-hybridized carbons (Fsp3) is 0.611. The molecule has 0 radical (unpaired) electrons. The molecule has 0 spiro atoms. The number of unbranched alkanes of at least 4 members (excludes halogenated alkanes) is 1. The van der Waals surface area contributed by atoms with E-state index in [0.29, 0.717) is 31.1 Å². The summed E-state index contributed by atoms with van der Waals surface area (Å²) in [7, 11) is 1.66. The molecule has 5 nitrogen and oxygen atoms in total. The Balaban J connectivity index is 2.22. The summed E-state index contributed by atoms with van der Waals surface area (Å²) in [4.78, 5) is 12.7. The molecule has 6 heteroatoms. The molecule has 1 saturated heterocycles. The standard InChI is InChI=1S/C18H26ClNO4/c1-24-11-3-2-9-18(23,14-6-4-8-16(19)12-14)15-7-5-10-20(13-15)17(21)22/h4,6,8,12,15,23H,2-3,5,7,9-11,13H2,1H3,(H,21,22)/t15?,18-/m1/s1. The summed E-state index contributed by atoms with van der Waals surface area (Å²) in [6.07, 6.45) is 2.87. The number of ether oxygens (including phenoxy) is 1. The zero-order chi connectivity index (χ0) is 17.6. The van der Waals surface area contributed by atoms with Gasteiger partial charge in [-0.15, -0.1) is 0 Å². The van der Waals surface area contributed by atoms with Crippen LogP contribution in [0.1, 0.15) is 37.7 Å². The number of likely N-dealkylation sites (tertiary alicyclic amines) is 1. The molecule has 0 aromatic heterocycles. The Morgan fingerprint density at radius 3 is 2.92 bits per heavy atom. The van der Waals surface area contributed by atoms with Gasteiger partial charge >= 0.3 is 6.09 Å². The second-order valence-electron chi connectivity index (χ2n) is 6.45. The molecule has 0 bridgehead atoms. The van der Waals surface area contributed by atoms with E-state index in [0.717, 1.165) is 31.2 Å². The number of halogens is 1. The summed E-state index contributed by atoms with van der Waals surface area (Å²) in [5.41, 5.74) is -0.308. The number of nitrogens with zero attached hydrogens (tertiary/aromatic N) is 1. The average molecular weight is 356 g/mol. The van der Waals surface area contributed by atoms with E-state index in [1.807, 2.05) is 12.1 Å². The Morgan fingerprint density at radius 1 is 1.46 bits per heavy atom. The third-order valence-corrected chi connectivity index (χ3v) is 5.08. The number of aliphatic hydroxyl groups is 1. The minimum atomic E-state index is -1.08. The lowest BCUT2D eigenvalue weighted by molar-refractivity contribution is -0.0585. The number of methoxy groups -OCH3 is 1. The molecular weight excluding hydrogens is 330 g/mol. The summed E-state index contributed by atoms with van der Waals surface area (Å²) in [5, 5.41) is 21.4. The van der Waals surface area contributed by atoms with Crippen LogP contribution >= 0.6 is 11.6 Å². The molecule has 1 heterocycles. The number of carbonyl (C=O) groups is 1. The van der Waals surface area contributed by atoms with Gasteiger partial charge in [-0.1, -0.05) is 23.7 Å². The molecule has 1 unspecified atom stereocenters. The van der Waals surface area contributed by atoms with Gasteiger partial charge in [-0.05, 0) is 49.8 Å². The highest BCUT2D eigenvalue weighted by molar-refractivity contribution is 6.30. The first-order valence-electron chi connectivity index (χ1n) is 8.42. The van der Waals surface area contributed by atoms with Crippen LogP contribution in [0.2, 0.25) is 5.02 Å². The molecule has 1 aliphatic rings. The van der Waals surface area contributed by atoms with E-state index in [-0.39, 0.29) is 5.92 Å². The normalized spacial score (nSPS) is 20.6. The Labute approximate surface area is 148 Å². The van der Waals surface area contributed by atoms with Crippen LogP contribution in [0.5, 0.6) is 0 Å². The smallest absolute Gasteiger partial charge is 0.407 e. The molecule has 0 saturated carbocycles. The minimum absolute atomic E-state index is 0.136. The van der Waals surface area contributed by atoms with Gasteiger partial charge in [0.25, 0.3) is 0 Å². The van der Waals surface area contributed by atoms with Crippen LogP contribution in [0, 0.1) is 5.92 Å². The third kappa shape index (κ3) is 4.62. The van der Waals surface area contributed by atoms with Crippen LogP contribution in [0.15, 0.2) is 24.3 Å². The molecule has 1 aromatic rings. The molecule has 2 N–H and O–H groups in total. The summed E-state index contributed by atoms with van der Waals surface area (Å²) in [6.45, 7) is 1.53. The van der Waals surface area contributed by atoms with Crippen LogP contribution in [0.4, 0.5) is 4.79 Å². The molecule has 0 aliphatic carbocycles. The van der Waals surface area contributed by atoms with Crippen molar-refractivity contribution in [3.8, 4) is 0 Å². The average Bonchev–Trinajstić information content (AvgIpc) is 2.58. The first-order chi connectivity index (χ1) is 11.5. The van der Waals surface area contributed by atoms with Crippen molar-refractivity contribution in [3.63, 3.8) is 0 Å². The summed E-state index contributed by atoms with van der Waals surface area (Å²) in [5.74, 6) is -0.136. The molecule has 1 aromatic carbocycles. The Bertz CT molecular complexity index is 554. The van der Waals surface area contributed by atoms with Gasteiger partial charge in [-0.3, -0.25) is 0 Å². The molecule has 134 valence electrons. The monoisotopic (exact) mass is 355 g/mol. The van der Waals surface area contributed by atoms with Crippen molar-refractivity contribution >= 4 is 17.7 Å². The first kappa shape index (κ1) is 19.0. The molecule has 2 rings (SSSR count). The van der Waals surface area contributed by atoms with Crippen molar-refractivity contribution in [3.05, 3.63) is 34.9 Å². The Hall–Kier alpha value is -1.30. The van der Waals surface area contributed by atoms with Crippen LogP contribution < -0.4 is 0 Å². The number of amides is 1. The highest BCUT2D eigenvalue weighted by Crippen LogP contribution is 2.40. The van der Waals surface area contributed by atoms with Crippen LogP contribution in [-0.4, -0.2) is 48.0 Å². The highest BCUT2D eigenvalue weighted by atomic mass is 35.5. The van der Waals surface area contributed by atoms with Gasteiger partial charge in [-0.25, -0.2) is 4.79 Å². The maximum Gasteiger partial charge on any atom is 0.407 e. The Morgan fingerprint density at radius 2 is 2.25 bits per heavy atom. The fourth-order valence-electron chi connectivity index (χ4n) is 3.52. The van der Waals surface area contributed by atoms with Crippen molar-refractivity contribution in [1.29, 1.82) is 0 Å². The predicted octanol–water partition coefficient (Wildman–Crippen LogP) is 3.73. The summed E-state index contributed by atoms with van der Waals surface area (Å²) < 4.78 is 5.09. The van der Waals surface area contributed by atoms with Gasteiger partial charge in [0, 0.05) is 37.7 Å². The van der Waals surface area contributed by atoms with Crippen molar-refractivity contribution in [2.24, 2.45) is 5.92 Å². The molecule has 24 heavy (non-hydrogen) atoms. The molecule has 2 atom stereocenters. The SMILES string of the molecule is COCCCC[C@@](O)(c1cccc(Cl)c1)C1CCCN(C(=O)O)C1. The maximum absolute atomic E-state index is 11.5. The van der Waals surface area contributed by atoms with E-state index >= 15 is 0 Å². The van der Waals surface area contributed by atoms with E-state index < -0.39 is 11.7 Å². The highest BCUT2D eigenvalue weighted by Gasteiger charge is 2.41. The molecule has 1 aliphatic heterocycles. The number of hydrogen-bond donors (Lipinski definition) is 2. The summed E-state index contributed by atoms with van der Waals surface area (Å²) in [6, 6.07) is 7.27. The molecule has 1 amide bonds. The van der Waals surface area contributed by atoms with Gasteiger partial charge < -0.3 is 19.8 Å². The van der Waals surface area contributed by atoms with E-state index in [2.05, 4.69) is 0 Å². The zero-order valence-corrected chi connectivity index (χ0v) is 14.8. The number of rotatable bonds is 7. The lowest BCUT2D eigenvalue weighted by Gasteiger charge is -2.42. The molecule has 1 fully saturated rings. The lowest BCUT2D eigenvalue weighted by Crippen LogP contribution is -2.47. The van der Waals surface area contributed by atoms with Gasteiger partial charge in [0.2, 0.25) is 0 Å². The maximum atomic E-state index is 11.5. The second kappa shape index (κ2) is 8.70. The fourth-order valence-corrected chi connectivity index (χ4v) is 3.71. The number of hydrogen-bond acceptors (Lipinski definition) is 3. The summed E-state index contributed by atoms with van der Waals surface area (Å²) >= 11 is 6.12. The molecular formula is C18H26ClNO4. The second-order valence-corrected chi connectivity index (χ2v) is 6.89. The van der Waals surface area contributed by atoms with Crippen molar-refractivity contribution in [1.82, 2.24) is 4.90 Å². The van der Waals surface area contributed by atoms with Crippen molar-refractivity contribution < 1.29 is 19.7 Å². The minimum Gasteiger partial charge on any atom is -0.465 e. The van der Waals surface area contributed by atoms with E-state index in [9.17, 15) is 15.0 Å². The van der Waals surface area contributed by atoms with Gasteiger partial charge in [0.1, 0.15) is 0 Å². The number of carboxylic acid groups (broad SMARTS) is 1. The number of piperidine rings is 1. The van der Waals surface area contributed by atoms with Crippen molar-refractivity contribution in [2.45, 2.75) is 37.7 Å². The number of benzene rings is 1. The van der Waals surface area contributed by atoms with E-state index in [1.54, 1.807) is 19.2 Å². The van der Waals surface area contributed by atoms with Crippen LogP contribution in [0.3, 0.4) is 0 Å². The van der Waals surface area contributed by atoms with Crippen LogP contribution in [-0.2, 0) is 10.3 Å². The van der Waals surface area contributed by atoms with Crippen molar-refractivity contribution in [2.75, 3.05) is 26.8 Å². The first-order valence-corrected chi connectivity index (χ1v) is 8.80. The quantitative estimate of drug-likeness (QED) is 0.731. The largest absolute Gasteiger partial charge is 0.465 e. The van der Waals surface area contributed by atoms with Crippen LogP contribution in [0.25, 0.3) is 0 Å². The van der Waals surface area contributed by atoms with Gasteiger partial charge in [-0.2, -0.15) is 0 Å². The Kier molecular flexibility index (Phi) is 6.90. The topological polar surface area (TPSA) is 70.0 Å². The zero-order valence-electron chi connectivity index (χ0n) is 14.1.